The zero-order valence-corrected chi connectivity index (χ0v) is 10.9. The molecular weight excluding hydrogens is 233 g/mol. The number of benzene rings is 1. The third-order valence-corrected chi connectivity index (χ3v) is 5.01. The monoisotopic (exact) mass is 253 g/mol. The number of rotatable bonds is 4. The van der Waals surface area contributed by atoms with Crippen molar-refractivity contribution >= 4 is 11.8 Å². The molecular formula is C14H20FNS. The minimum Gasteiger partial charge on any atom is -0.329 e. The van der Waals surface area contributed by atoms with E-state index in [4.69, 9.17) is 5.73 Å². The van der Waals surface area contributed by atoms with E-state index in [2.05, 4.69) is 0 Å². The van der Waals surface area contributed by atoms with Crippen LogP contribution in [0.5, 0.6) is 0 Å². The van der Waals surface area contributed by atoms with Crippen LogP contribution in [-0.2, 0) is 0 Å². The molecule has 0 radical (unpaired) electrons. The first-order valence-electron chi connectivity index (χ1n) is 6.40. The molecule has 0 aromatic heterocycles. The van der Waals surface area contributed by atoms with Gasteiger partial charge in [-0.15, -0.1) is 11.8 Å². The van der Waals surface area contributed by atoms with Crippen LogP contribution in [0.15, 0.2) is 24.3 Å². The molecule has 1 aliphatic rings. The summed E-state index contributed by atoms with van der Waals surface area (Å²) in [5.74, 6) is -0.174. The molecule has 1 fully saturated rings. The third-order valence-electron chi connectivity index (χ3n) is 3.36. The van der Waals surface area contributed by atoms with Gasteiger partial charge in [0.2, 0.25) is 0 Å². The molecule has 1 aromatic carbocycles. The van der Waals surface area contributed by atoms with E-state index in [1.807, 2.05) is 23.9 Å². The SMILES string of the molecule is NCC(SC1CCCCC1)c1ccc(F)cc1. The quantitative estimate of drug-likeness (QED) is 0.881. The molecule has 0 aliphatic heterocycles. The van der Waals surface area contributed by atoms with E-state index >= 15 is 0 Å². The standard InChI is InChI=1S/C14H20FNS/c15-12-8-6-11(7-9-12)14(10-16)17-13-4-2-1-3-5-13/h6-9,13-14H,1-5,10,16H2. The highest BCUT2D eigenvalue weighted by atomic mass is 32.2. The summed E-state index contributed by atoms with van der Waals surface area (Å²) < 4.78 is 12.9. The lowest BCUT2D eigenvalue weighted by Gasteiger charge is -2.25. The Hall–Kier alpha value is -0.540. The van der Waals surface area contributed by atoms with Gasteiger partial charge < -0.3 is 5.73 Å². The Morgan fingerprint density at radius 2 is 1.82 bits per heavy atom. The first kappa shape index (κ1) is 12.9. The zero-order valence-electron chi connectivity index (χ0n) is 10.1. The van der Waals surface area contributed by atoms with Crippen molar-refractivity contribution in [3.63, 3.8) is 0 Å². The van der Waals surface area contributed by atoms with Crippen molar-refractivity contribution < 1.29 is 4.39 Å². The fourth-order valence-corrected chi connectivity index (χ4v) is 3.88. The zero-order chi connectivity index (χ0) is 12.1. The van der Waals surface area contributed by atoms with Gasteiger partial charge in [0.15, 0.2) is 0 Å². The smallest absolute Gasteiger partial charge is 0.123 e. The minimum atomic E-state index is -0.174. The highest BCUT2D eigenvalue weighted by molar-refractivity contribution is 8.00. The van der Waals surface area contributed by atoms with Crippen molar-refractivity contribution in [3.05, 3.63) is 35.6 Å². The number of halogens is 1. The molecule has 3 heteroatoms. The summed E-state index contributed by atoms with van der Waals surface area (Å²) in [6.45, 7) is 0.632. The summed E-state index contributed by atoms with van der Waals surface area (Å²) >= 11 is 1.98. The molecule has 17 heavy (non-hydrogen) atoms. The van der Waals surface area contributed by atoms with Gasteiger partial charge in [0.05, 0.1) is 0 Å². The Morgan fingerprint density at radius 3 is 2.41 bits per heavy atom. The number of thioether (sulfide) groups is 1. The molecule has 1 aliphatic carbocycles. The molecule has 0 amide bonds. The van der Waals surface area contributed by atoms with Gasteiger partial charge in [0.1, 0.15) is 5.82 Å². The second-order valence-corrected chi connectivity index (χ2v) is 6.18. The van der Waals surface area contributed by atoms with Crippen LogP contribution in [0.25, 0.3) is 0 Å². The fraction of sp³-hybridized carbons (Fsp3) is 0.571. The highest BCUT2D eigenvalue weighted by Crippen LogP contribution is 2.37. The first-order valence-corrected chi connectivity index (χ1v) is 7.35. The number of hydrogen-bond acceptors (Lipinski definition) is 2. The van der Waals surface area contributed by atoms with E-state index < -0.39 is 0 Å². The van der Waals surface area contributed by atoms with Crippen LogP contribution in [0.1, 0.15) is 42.9 Å². The van der Waals surface area contributed by atoms with Gasteiger partial charge in [-0.1, -0.05) is 31.4 Å². The van der Waals surface area contributed by atoms with Crippen LogP contribution in [0.4, 0.5) is 4.39 Å². The topological polar surface area (TPSA) is 26.0 Å². The molecule has 0 heterocycles. The molecule has 1 atom stereocenters. The summed E-state index contributed by atoms with van der Waals surface area (Å²) in [7, 11) is 0. The minimum absolute atomic E-state index is 0.174. The summed E-state index contributed by atoms with van der Waals surface area (Å²) in [5, 5.41) is 1.06. The van der Waals surface area contributed by atoms with Gasteiger partial charge in [0, 0.05) is 17.0 Å². The van der Waals surface area contributed by atoms with Gasteiger partial charge >= 0.3 is 0 Å². The van der Waals surface area contributed by atoms with Crippen molar-refractivity contribution in [1.82, 2.24) is 0 Å². The molecule has 1 unspecified atom stereocenters. The van der Waals surface area contributed by atoms with Gasteiger partial charge in [-0.2, -0.15) is 0 Å². The van der Waals surface area contributed by atoms with Crippen LogP contribution in [0.3, 0.4) is 0 Å². The van der Waals surface area contributed by atoms with Crippen molar-refractivity contribution in [3.8, 4) is 0 Å². The van der Waals surface area contributed by atoms with Gasteiger partial charge in [-0.05, 0) is 30.5 Å². The summed E-state index contributed by atoms with van der Waals surface area (Å²) in [4.78, 5) is 0. The van der Waals surface area contributed by atoms with E-state index in [1.165, 1.54) is 44.2 Å². The number of nitrogens with two attached hydrogens (primary N) is 1. The van der Waals surface area contributed by atoms with Crippen LogP contribution in [-0.4, -0.2) is 11.8 Å². The Labute approximate surface area is 107 Å². The average molecular weight is 253 g/mol. The van der Waals surface area contributed by atoms with Crippen molar-refractivity contribution in [2.45, 2.75) is 42.6 Å². The molecule has 0 saturated heterocycles. The van der Waals surface area contributed by atoms with E-state index in [0.29, 0.717) is 11.8 Å². The summed E-state index contributed by atoms with van der Waals surface area (Å²) in [6.07, 6.45) is 6.68. The predicted octanol–water partition coefficient (Wildman–Crippen LogP) is 3.89. The maximum absolute atomic E-state index is 12.9. The molecule has 1 saturated carbocycles. The van der Waals surface area contributed by atoms with Crippen molar-refractivity contribution in [1.29, 1.82) is 0 Å². The largest absolute Gasteiger partial charge is 0.329 e. The molecule has 94 valence electrons. The Morgan fingerprint density at radius 1 is 1.18 bits per heavy atom. The highest BCUT2D eigenvalue weighted by Gasteiger charge is 2.19. The molecule has 1 aromatic rings. The Bertz CT molecular complexity index is 333. The van der Waals surface area contributed by atoms with Crippen LogP contribution < -0.4 is 5.73 Å². The molecule has 2 rings (SSSR count). The second-order valence-electron chi connectivity index (χ2n) is 4.67. The molecule has 0 bridgehead atoms. The number of hydrogen-bond donors (Lipinski definition) is 1. The first-order chi connectivity index (χ1) is 8.29. The predicted molar refractivity (Wildman–Crippen MR) is 72.7 cm³/mol. The van der Waals surface area contributed by atoms with Crippen LogP contribution in [0, 0.1) is 5.82 Å². The lowest BCUT2D eigenvalue weighted by molar-refractivity contribution is 0.515. The average Bonchev–Trinajstić information content (AvgIpc) is 2.38. The second kappa shape index (κ2) is 6.41. The van der Waals surface area contributed by atoms with Gasteiger partial charge in [-0.3, -0.25) is 0 Å². The van der Waals surface area contributed by atoms with E-state index in [0.717, 1.165) is 10.8 Å². The van der Waals surface area contributed by atoms with Gasteiger partial charge in [-0.25, -0.2) is 4.39 Å². The Balaban J connectivity index is 1.97. The normalized spacial score (nSPS) is 19.2. The third kappa shape index (κ3) is 3.71. The lowest BCUT2D eigenvalue weighted by atomic mass is 10.0. The molecule has 0 spiro atoms. The van der Waals surface area contributed by atoms with E-state index in [-0.39, 0.29) is 5.82 Å². The molecule has 2 N–H and O–H groups in total. The Kier molecular flexibility index (Phi) is 4.86. The van der Waals surface area contributed by atoms with Crippen LogP contribution in [0.2, 0.25) is 0 Å². The molecule has 1 nitrogen and oxygen atoms in total. The van der Waals surface area contributed by atoms with Crippen molar-refractivity contribution in [2.75, 3.05) is 6.54 Å². The van der Waals surface area contributed by atoms with Gasteiger partial charge in [0.25, 0.3) is 0 Å². The lowest BCUT2D eigenvalue weighted by Crippen LogP contribution is -2.16. The fourth-order valence-electron chi connectivity index (χ4n) is 2.38. The van der Waals surface area contributed by atoms with E-state index in [9.17, 15) is 4.39 Å². The van der Waals surface area contributed by atoms with Crippen molar-refractivity contribution in [2.24, 2.45) is 5.73 Å². The van der Waals surface area contributed by atoms with Crippen LogP contribution >= 0.6 is 11.8 Å². The maximum Gasteiger partial charge on any atom is 0.123 e. The summed E-state index contributed by atoms with van der Waals surface area (Å²) in [5.41, 5.74) is 7.00. The summed E-state index contributed by atoms with van der Waals surface area (Å²) in [6, 6.07) is 6.78. The maximum atomic E-state index is 12.9. The van der Waals surface area contributed by atoms with E-state index in [1.54, 1.807) is 0 Å².